The van der Waals surface area contributed by atoms with Crippen molar-refractivity contribution in [2.24, 2.45) is 0 Å². The number of nitrogens with zero attached hydrogens (tertiary/aromatic N) is 2. The van der Waals surface area contributed by atoms with Crippen molar-refractivity contribution in [3.05, 3.63) is 77.1 Å². The molecule has 0 unspecified atom stereocenters. The van der Waals surface area contributed by atoms with Crippen LogP contribution in [0.5, 0.6) is 0 Å². The number of likely N-dealkylation sites (N-methyl/N-ethyl adjacent to an activating group) is 1. The van der Waals surface area contributed by atoms with Crippen molar-refractivity contribution in [2.45, 2.75) is 26.3 Å². The van der Waals surface area contributed by atoms with Crippen LogP contribution in [0, 0.1) is 13.8 Å². The fourth-order valence-corrected chi connectivity index (χ4v) is 3.40. The van der Waals surface area contributed by atoms with Gasteiger partial charge in [-0.2, -0.15) is 0 Å². The molecule has 0 saturated heterocycles. The fourth-order valence-electron chi connectivity index (χ4n) is 3.40. The first-order chi connectivity index (χ1) is 13.9. The number of aromatic amines is 1. The number of methoxy groups -OCH3 is 1. The topological polar surface area (TPSA) is 75.3 Å². The molecule has 0 aliphatic heterocycles. The third kappa shape index (κ3) is 4.71. The number of amides is 1. The molecule has 3 rings (SSSR count). The van der Waals surface area contributed by atoms with Gasteiger partial charge in [0.1, 0.15) is 11.9 Å². The number of imidazole rings is 1. The highest BCUT2D eigenvalue weighted by molar-refractivity contribution is 5.97. The molecule has 6 heteroatoms. The second-order valence-corrected chi connectivity index (χ2v) is 7.17. The zero-order valence-corrected chi connectivity index (χ0v) is 17.1. The molecule has 0 spiro atoms. The summed E-state index contributed by atoms with van der Waals surface area (Å²) in [4.78, 5) is 34.2. The number of H-pyrrole nitrogens is 1. The Morgan fingerprint density at radius 3 is 2.31 bits per heavy atom. The van der Waals surface area contributed by atoms with Gasteiger partial charge in [-0.05, 0) is 31.5 Å². The molecule has 1 N–H and O–H groups in total. The van der Waals surface area contributed by atoms with Crippen molar-refractivity contribution in [3.63, 3.8) is 0 Å². The Bertz CT molecular complexity index is 974. The zero-order valence-electron chi connectivity index (χ0n) is 17.1. The molecule has 0 aliphatic rings. The van der Waals surface area contributed by atoms with Gasteiger partial charge in [-0.25, -0.2) is 9.78 Å². The van der Waals surface area contributed by atoms with Crippen LogP contribution in [-0.4, -0.2) is 46.9 Å². The molecule has 6 nitrogen and oxygen atoms in total. The summed E-state index contributed by atoms with van der Waals surface area (Å²) < 4.78 is 4.97. The Hall–Kier alpha value is -3.41. The Kier molecular flexibility index (Phi) is 6.12. The van der Waals surface area contributed by atoms with Crippen molar-refractivity contribution in [3.8, 4) is 11.4 Å². The molecular formula is C23H25N3O3. The number of rotatable bonds is 6. The minimum absolute atomic E-state index is 0.209. The predicted molar refractivity (Wildman–Crippen MR) is 112 cm³/mol. The molecular weight excluding hydrogens is 366 g/mol. The van der Waals surface area contributed by atoms with E-state index >= 15 is 0 Å². The number of hydrogen-bond donors (Lipinski definition) is 1. The van der Waals surface area contributed by atoms with Crippen molar-refractivity contribution in [2.75, 3.05) is 14.2 Å². The van der Waals surface area contributed by atoms with Crippen molar-refractivity contribution in [1.29, 1.82) is 0 Å². The summed E-state index contributed by atoms with van der Waals surface area (Å²) >= 11 is 0. The average molecular weight is 391 g/mol. The van der Waals surface area contributed by atoms with Crippen LogP contribution < -0.4 is 0 Å². The van der Waals surface area contributed by atoms with Gasteiger partial charge in [0.25, 0.3) is 5.91 Å². The van der Waals surface area contributed by atoms with Gasteiger partial charge in [-0.15, -0.1) is 0 Å². The van der Waals surface area contributed by atoms with Gasteiger partial charge in [0, 0.05) is 37.0 Å². The van der Waals surface area contributed by atoms with E-state index in [2.05, 4.69) is 9.97 Å². The predicted octanol–water partition coefficient (Wildman–Crippen LogP) is 3.55. The van der Waals surface area contributed by atoms with E-state index in [1.54, 1.807) is 19.4 Å². The number of carbonyl (C=O) groups is 2. The van der Waals surface area contributed by atoms with Gasteiger partial charge < -0.3 is 14.6 Å². The summed E-state index contributed by atoms with van der Waals surface area (Å²) in [5.41, 5.74) is 4.45. The first-order valence-corrected chi connectivity index (χ1v) is 9.41. The minimum atomic E-state index is -0.720. The average Bonchev–Trinajstić information content (AvgIpc) is 3.25. The van der Waals surface area contributed by atoms with E-state index in [4.69, 9.17) is 4.74 Å². The molecule has 0 fully saturated rings. The number of hydrogen-bond acceptors (Lipinski definition) is 4. The molecule has 1 atom stereocenters. The van der Waals surface area contributed by atoms with Crippen LogP contribution in [0.4, 0.5) is 0 Å². The molecule has 0 bridgehead atoms. The Labute approximate surface area is 170 Å². The minimum Gasteiger partial charge on any atom is -0.467 e. The largest absolute Gasteiger partial charge is 0.467 e. The van der Waals surface area contributed by atoms with Crippen LogP contribution >= 0.6 is 0 Å². The van der Waals surface area contributed by atoms with Gasteiger partial charge in [0.05, 0.1) is 7.11 Å². The van der Waals surface area contributed by atoms with E-state index in [0.717, 1.165) is 28.1 Å². The summed E-state index contributed by atoms with van der Waals surface area (Å²) in [6, 6.07) is 12.7. The quantitative estimate of drug-likeness (QED) is 0.652. The van der Waals surface area contributed by atoms with E-state index in [9.17, 15) is 9.59 Å². The first-order valence-electron chi connectivity index (χ1n) is 9.41. The lowest BCUT2D eigenvalue weighted by Gasteiger charge is -2.26. The van der Waals surface area contributed by atoms with E-state index in [0.29, 0.717) is 12.0 Å². The standard InChI is InChI=1S/C23H25N3O3/c1-15-11-16(2)13-19(12-15)22(27)26(3)20(23(28)29-4)14-17-5-7-18(8-6-17)21-24-9-10-25-21/h5-13,20H,14H2,1-4H3,(H,24,25)/t20-/m0/s1. The second-order valence-electron chi connectivity index (χ2n) is 7.17. The zero-order chi connectivity index (χ0) is 21.0. The van der Waals surface area contributed by atoms with Crippen LogP contribution in [0.2, 0.25) is 0 Å². The van der Waals surface area contributed by atoms with E-state index in [-0.39, 0.29) is 5.91 Å². The number of benzene rings is 2. The monoisotopic (exact) mass is 391 g/mol. The van der Waals surface area contributed by atoms with Crippen LogP contribution in [-0.2, 0) is 16.0 Å². The lowest BCUT2D eigenvalue weighted by molar-refractivity contribution is -0.145. The fraction of sp³-hybridized carbons (Fsp3) is 0.261. The number of ether oxygens (including phenoxy) is 1. The van der Waals surface area contributed by atoms with Crippen LogP contribution in [0.25, 0.3) is 11.4 Å². The number of esters is 1. The highest BCUT2D eigenvalue weighted by atomic mass is 16.5. The Morgan fingerprint density at radius 2 is 1.76 bits per heavy atom. The summed E-state index contributed by atoms with van der Waals surface area (Å²) in [7, 11) is 2.98. The highest BCUT2D eigenvalue weighted by Gasteiger charge is 2.29. The molecule has 1 aromatic heterocycles. The summed E-state index contributed by atoms with van der Waals surface area (Å²) in [5, 5.41) is 0. The smallest absolute Gasteiger partial charge is 0.328 e. The number of carbonyl (C=O) groups excluding carboxylic acids is 2. The summed E-state index contributed by atoms with van der Waals surface area (Å²) in [6.07, 6.45) is 3.83. The Morgan fingerprint density at radius 1 is 1.10 bits per heavy atom. The first kappa shape index (κ1) is 20.3. The Balaban J connectivity index is 1.82. The molecule has 1 amide bonds. The third-order valence-corrected chi connectivity index (χ3v) is 4.88. The third-order valence-electron chi connectivity index (χ3n) is 4.88. The van der Waals surface area contributed by atoms with Crippen LogP contribution in [0.1, 0.15) is 27.0 Å². The second kappa shape index (κ2) is 8.73. The van der Waals surface area contributed by atoms with Gasteiger partial charge >= 0.3 is 5.97 Å². The number of aryl methyl sites for hydroxylation is 2. The van der Waals surface area contributed by atoms with Gasteiger partial charge in [-0.1, -0.05) is 41.5 Å². The molecule has 3 aromatic rings. The molecule has 2 aromatic carbocycles. The summed E-state index contributed by atoms with van der Waals surface area (Å²) in [6.45, 7) is 3.89. The number of nitrogens with one attached hydrogen (secondary N) is 1. The SMILES string of the molecule is COC(=O)[C@H](Cc1ccc(-c2ncc[nH]2)cc1)N(C)C(=O)c1cc(C)cc(C)c1. The molecule has 150 valence electrons. The van der Waals surface area contributed by atoms with E-state index in [1.807, 2.05) is 56.3 Å². The summed E-state index contributed by atoms with van der Waals surface area (Å²) in [5.74, 6) is 0.128. The van der Waals surface area contributed by atoms with Crippen molar-refractivity contribution >= 4 is 11.9 Å². The molecule has 0 aliphatic carbocycles. The molecule has 29 heavy (non-hydrogen) atoms. The highest BCUT2D eigenvalue weighted by Crippen LogP contribution is 2.19. The van der Waals surface area contributed by atoms with Gasteiger partial charge in [0.15, 0.2) is 0 Å². The normalized spacial score (nSPS) is 11.7. The van der Waals surface area contributed by atoms with E-state index in [1.165, 1.54) is 12.0 Å². The molecule has 0 saturated carbocycles. The van der Waals surface area contributed by atoms with Gasteiger partial charge in [-0.3, -0.25) is 4.79 Å². The van der Waals surface area contributed by atoms with E-state index < -0.39 is 12.0 Å². The maximum absolute atomic E-state index is 13.0. The van der Waals surface area contributed by atoms with Crippen molar-refractivity contribution in [1.82, 2.24) is 14.9 Å². The maximum atomic E-state index is 13.0. The molecule has 0 radical (unpaired) electrons. The van der Waals surface area contributed by atoms with Crippen LogP contribution in [0.3, 0.4) is 0 Å². The molecule has 1 heterocycles. The lowest BCUT2D eigenvalue weighted by atomic mass is 10.0. The van der Waals surface area contributed by atoms with Gasteiger partial charge in [0.2, 0.25) is 0 Å². The maximum Gasteiger partial charge on any atom is 0.328 e. The van der Waals surface area contributed by atoms with Crippen molar-refractivity contribution < 1.29 is 14.3 Å². The van der Waals surface area contributed by atoms with Crippen LogP contribution in [0.15, 0.2) is 54.9 Å². The lowest BCUT2D eigenvalue weighted by Crippen LogP contribution is -2.44. The number of aromatic nitrogens is 2.